The minimum Gasteiger partial charge on any atom is -0.496 e. The van der Waals surface area contributed by atoms with E-state index in [0.29, 0.717) is 28.4 Å². The van der Waals surface area contributed by atoms with Gasteiger partial charge in [-0.15, -0.1) is 0 Å². The number of hydrogen-bond donors (Lipinski definition) is 2. The summed E-state index contributed by atoms with van der Waals surface area (Å²) in [7, 11) is 1.49. The second-order valence-corrected chi connectivity index (χ2v) is 7.18. The van der Waals surface area contributed by atoms with Gasteiger partial charge < -0.3 is 20.2 Å². The number of methoxy groups -OCH3 is 1. The SMILES string of the molecule is COc1ccc(F)cc1C(C)Nc1nc2c(C3=NOC(C)(C)N3)cnn2cc1F. The molecule has 29 heavy (non-hydrogen) atoms. The highest BCUT2D eigenvalue weighted by Gasteiger charge is 2.30. The quantitative estimate of drug-likeness (QED) is 0.682. The minimum absolute atomic E-state index is 0.00293. The maximum Gasteiger partial charge on any atom is 0.203 e. The van der Waals surface area contributed by atoms with Crippen molar-refractivity contribution in [2.24, 2.45) is 5.16 Å². The van der Waals surface area contributed by atoms with E-state index in [2.05, 4.69) is 25.9 Å². The van der Waals surface area contributed by atoms with Gasteiger partial charge in [-0.1, -0.05) is 5.16 Å². The number of hydrogen-bond acceptors (Lipinski definition) is 7. The Labute approximate surface area is 165 Å². The summed E-state index contributed by atoms with van der Waals surface area (Å²) in [6.07, 6.45) is 2.74. The molecule has 0 spiro atoms. The highest BCUT2D eigenvalue weighted by molar-refractivity contribution is 6.04. The van der Waals surface area contributed by atoms with Crippen molar-refractivity contribution in [3.05, 3.63) is 53.4 Å². The maximum absolute atomic E-state index is 14.6. The standard InChI is InChI=1S/C19H20F2N6O2/c1-10(12-7-11(20)5-6-15(12)28-4)23-17-14(21)9-27-18(24-17)13(8-22-27)16-25-19(2,3)29-26-16/h5-10H,1-4H3,(H,23,24)(H,25,26). The largest absolute Gasteiger partial charge is 0.496 e. The highest BCUT2D eigenvalue weighted by atomic mass is 19.1. The second kappa shape index (κ2) is 6.87. The van der Waals surface area contributed by atoms with Gasteiger partial charge in [0, 0.05) is 5.56 Å². The fraction of sp³-hybridized carbons (Fsp3) is 0.316. The molecule has 1 aromatic carbocycles. The number of oxime groups is 1. The number of ether oxygens (including phenoxy) is 1. The number of benzene rings is 1. The van der Waals surface area contributed by atoms with Gasteiger partial charge in [-0.05, 0) is 39.0 Å². The van der Waals surface area contributed by atoms with Gasteiger partial charge in [-0.2, -0.15) is 5.10 Å². The van der Waals surface area contributed by atoms with Crippen molar-refractivity contribution in [3.8, 4) is 5.75 Å². The van der Waals surface area contributed by atoms with Crippen molar-refractivity contribution in [1.82, 2.24) is 19.9 Å². The number of rotatable bonds is 5. The number of amidine groups is 1. The topological polar surface area (TPSA) is 85.1 Å². The summed E-state index contributed by atoms with van der Waals surface area (Å²) < 4.78 is 34.9. The van der Waals surface area contributed by atoms with Crippen molar-refractivity contribution in [3.63, 3.8) is 0 Å². The zero-order chi connectivity index (χ0) is 20.8. The molecule has 1 unspecified atom stereocenters. The van der Waals surface area contributed by atoms with Gasteiger partial charge in [0.05, 0.1) is 31.1 Å². The van der Waals surface area contributed by atoms with E-state index in [1.807, 2.05) is 13.8 Å². The van der Waals surface area contributed by atoms with E-state index in [-0.39, 0.29) is 5.82 Å². The van der Waals surface area contributed by atoms with Crippen molar-refractivity contribution in [2.75, 3.05) is 12.4 Å². The molecule has 3 heterocycles. The average molecular weight is 402 g/mol. The van der Waals surface area contributed by atoms with E-state index >= 15 is 0 Å². The third kappa shape index (κ3) is 3.53. The van der Waals surface area contributed by atoms with Gasteiger partial charge in [0.2, 0.25) is 5.72 Å². The lowest BCUT2D eigenvalue weighted by molar-refractivity contribution is -0.00234. The molecule has 10 heteroatoms. The Morgan fingerprint density at radius 2 is 2.10 bits per heavy atom. The van der Waals surface area contributed by atoms with Crippen LogP contribution in [0.4, 0.5) is 14.6 Å². The summed E-state index contributed by atoms with van der Waals surface area (Å²) in [5, 5.41) is 14.2. The van der Waals surface area contributed by atoms with E-state index in [4.69, 9.17) is 9.57 Å². The van der Waals surface area contributed by atoms with E-state index in [1.54, 1.807) is 6.92 Å². The van der Waals surface area contributed by atoms with Gasteiger partial charge >= 0.3 is 0 Å². The Bertz CT molecular complexity index is 1110. The average Bonchev–Trinajstić information content (AvgIpc) is 3.24. The molecule has 1 aliphatic rings. The van der Waals surface area contributed by atoms with Gasteiger partial charge in [0.1, 0.15) is 11.6 Å². The zero-order valence-electron chi connectivity index (χ0n) is 16.3. The van der Waals surface area contributed by atoms with E-state index in [1.165, 1.54) is 42.2 Å². The van der Waals surface area contributed by atoms with Crippen LogP contribution in [0.2, 0.25) is 0 Å². The molecule has 2 aromatic heterocycles. The number of nitrogens with one attached hydrogen (secondary N) is 2. The van der Waals surface area contributed by atoms with Crippen LogP contribution in [0.1, 0.15) is 37.9 Å². The molecular weight excluding hydrogens is 382 g/mol. The van der Waals surface area contributed by atoms with Crippen LogP contribution in [0.15, 0.2) is 35.7 Å². The summed E-state index contributed by atoms with van der Waals surface area (Å²) in [6.45, 7) is 5.41. The fourth-order valence-electron chi connectivity index (χ4n) is 3.09. The van der Waals surface area contributed by atoms with Crippen LogP contribution < -0.4 is 15.4 Å². The number of halogens is 2. The molecule has 0 saturated carbocycles. The molecular formula is C19H20F2N6O2. The number of nitrogens with zero attached hydrogens (tertiary/aromatic N) is 4. The predicted octanol–water partition coefficient (Wildman–Crippen LogP) is 3.21. The molecule has 1 aliphatic heterocycles. The molecule has 8 nitrogen and oxygen atoms in total. The Hall–Kier alpha value is -3.43. The summed E-state index contributed by atoms with van der Waals surface area (Å²) in [6, 6.07) is 3.70. The summed E-state index contributed by atoms with van der Waals surface area (Å²) in [5.41, 5.74) is 0.835. The summed E-state index contributed by atoms with van der Waals surface area (Å²) >= 11 is 0. The maximum atomic E-state index is 14.6. The monoisotopic (exact) mass is 402 g/mol. The van der Waals surface area contributed by atoms with Crippen molar-refractivity contribution < 1.29 is 18.4 Å². The Morgan fingerprint density at radius 1 is 1.31 bits per heavy atom. The van der Waals surface area contributed by atoms with Crippen LogP contribution in [-0.2, 0) is 4.84 Å². The molecule has 3 aromatic rings. The molecule has 0 amide bonds. The molecule has 0 radical (unpaired) electrons. The molecule has 4 rings (SSSR count). The van der Waals surface area contributed by atoms with E-state index < -0.39 is 23.4 Å². The lowest BCUT2D eigenvalue weighted by Gasteiger charge is -2.18. The van der Waals surface area contributed by atoms with Crippen LogP contribution in [0.25, 0.3) is 5.65 Å². The molecule has 152 valence electrons. The normalized spacial score (nSPS) is 16.1. The molecule has 0 fully saturated rings. The van der Waals surface area contributed by atoms with Gasteiger partial charge in [-0.3, -0.25) is 0 Å². The number of aromatic nitrogens is 3. The van der Waals surface area contributed by atoms with Gasteiger partial charge in [0.15, 0.2) is 23.1 Å². The lowest BCUT2D eigenvalue weighted by Crippen LogP contribution is -2.38. The Kier molecular flexibility index (Phi) is 4.48. The smallest absolute Gasteiger partial charge is 0.203 e. The van der Waals surface area contributed by atoms with Crippen LogP contribution in [0.5, 0.6) is 5.75 Å². The first kappa shape index (κ1) is 18.9. The fourth-order valence-corrected chi connectivity index (χ4v) is 3.09. The molecule has 1 atom stereocenters. The third-order valence-electron chi connectivity index (χ3n) is 4.50. The van der Waals surface area contributed by atoms with Crippen LogP contribution in [-0.4, -0.2) is 33.3 Å². The van der Waals surface area contributed by atoms with Gasteiger partial charge in [-0.25, -0.2) is 18.3 Å². The lowest BCUT2D eigenvalue weighted by atomic mass is 10.1. The Balaban J connectivity index is 1.69. The van der Waals surface area contributed by atoms with Gasteiger partial charge in [0.25, 0.3) is 0 Å². The van der Waals surface area contributed by atoms with Crippen LogP contribution in [0.3, 0.4) is 0 Å². The molecule has 2 N–H and O–H groups in total. The summed E-state index contributed by atoms with van der Waals surface area (Å²) in [4.78, 5) is 9.69. The first-order valence-corrected chi connectivity index (χ1v) is 8.96. The van der Waals surface area contributed by atoms with Crippen LogP contribution >= 0.6 is 0 Å². The zero-order valence-corrected chi connectivity index (χ0v) is 16.3. The molecule has 0 bridgehead atoms. The molecule has 0 aliphatic carbocycles. The van der Waals surface area contributed by atoms with Crippen molar-refractivity contribution in [2.45, 2.75) is 32.5 Å². The Morgan fingerprint density at radius 3 is 2.79 bits per heavy atom. The van der Waals surface area contributed by atoms with Crippen molar-refractivity contribution >= 4 is 17.3 Å². The van der Waals surface area contributed by atoms with E-state index in [0.717, 1.165) is 0 Å². The number of fused-ring (bicyclic) bond motifs is 1. The highest BCUT2D eigenvalue weighted by Crippen LogP contribution is 2.29. The first-order chi connectivity index (χ1) is 13.8. The minimum atomic E-state index is -0.660. The summed E-state index contributed by atoms with van der Waals surface area (Å²) in [5.74, 6) is -0.0785. The van der Waals surface area contributed by atoms with E-state index in [9.17, 15) is 8.78 Å². The van der Waals surface area contributed by atoms with Crippen LogP contribution in [0, 0.1) is 11.6 Å². The number of anilines is 1. The second-order valence-electron chi connectivity index (χ2n) is 7.18. The first-order valence-electron chi connectivity index (χ1n) is 8.96. The molecule has 0 saturated heterocycles. The third-order valence-corrected chi connectivity index (χ3v) is 4.50. The van der Waals surface area contributed by atoms with Crippen molar-refractivity contribution in [1.29, 1.82) is 0 Å². The predicted molar refractivity (Wildman–Crippen MR) is 103 cm³/mol.